The third kappa shape index (κ3) is 3.08. The molecule has 0 spiro atoms. The molecule has 0 radical (unpaired) electrons. The quantitative estimate of drug-likeness (QED) is 0.817. The molecule has 94 valence electrons. The molecule has 17 heavy (non-hydrogen) atoms. The van der Waals surface area contributed by atoms with Crippen molar-refractivity contribution in [3.05, 3.63) is 35.9 Å². The Labute approximate surface area is 105 Å². The molecule has 2 heteroatoms. The lowest BCUT2D eigenvalue weighted by atomic mass is 10.00. The van der Waals surface area contributed by atoms with Crippen LogP contribution in [-0.4, -0.2) is 24.5 Å². The van der Waals surface area contributed by atoms with E-state index in [0.717, 1.165) is 18.9 Å². The maximum absolute atomic E-state index is 5.77. The molecule has 0 heterocycles. The summed E-state index contributed by atoms with van der Waals surface area (Å²) in [5.41, 5.74) is 7.17. The Balaban J connectivity index is 2.10. The molecule has 0 bridgehead atoms. The predicted molar refractivity (Wildman–Crippen MR) is 72.8 cm³/mol. The predicted octanol–water partition coefficient (Wildman–Crippen LogP) is 2.81. The Morgan fingerprint density at radius 2 is 1.94 bits per heavy atom. The number of nitrogens with two attached hydrogens (primary N) is 1. The van der Waals surface area contributed by atoms with Crippen molar-refractivity contribution in [2.45, 2.75) is 38.3 Å². The summed E-state index contributed by atoms with van der Waals surface area (Å²) in [7, 11) is 2.25. The van der Waals surface area contributed by atoms with E-state index in [0.29, 0.717) is 12.1 Å². The van der Waals surface area contributed by atoms with Gasteiger partial charge in [-0.25, -0.2) is 0 Å². The molecule has 0 aromatic heterocycles. The largest absolute Gasteiger partial charge is 0.330 e. The van der Waals surface area contributed by atoms with Crippen molar-refractivity contribution in [3.8, 4) is 0 Å². The fourth-order valence-corrected chi connectivity index (χ4v) is 2.63. The molecule has 0 amide bonds. The number of benzene rings is 1. The van der Waals surface area contributed by atoms with Gasteiger partial charge in [-0.2, -0.15) is 0 Å². The number of rotatable bonds is 6. The Morgan fingerprint density at radius 3 is 2.47 bits per heavy atom. The van der Waals surface area contributed by atoms with E-state index >= 15 is 0 Å². The lowest BCUT2D eigenvalue weighted by Crippen LogP contribution is -2.35. The second kappa shape index (κ2) is 5.65. The highest BCUT2D eigenvalue weighted by atomic mass is 15.2. The molecule has 2 rings (SSSR count). The summed E-state index contributed by atoms with van der Waals surface area (Å²) in [5.74, 6) is 0.906. The monoisotopic (exact) mass is 232 g/mol. The van der Waals surface area contributed by atoms with Crippen molar-refractivity contribution in [2.24, 2.45) is 11.7 Å². The summed E-state index contributed by atoms with van der Waals surface area (Å²) in [6, 6.07) is 11.9. The van der Waals surface area contributed by atoms with Crippen LogP contribution in [0.4, 0.5) is 0 Å². The van der Waals surface area contributed by atoms with Crippen LogP contribution in [0.25, 0.3) is 0 Å². The van der Waals surface area contributed by atoms with Gasteiger partial charge in [0, 0.05) is 12.1 Å². The van der Waals surface area contributed by atoms with Crippen LogP contribution < -0.4 is 5.73 Å². The van der Waals surface area contributed by atoms with E-state index in [4.69, 9.17) is 5.73 Å². The van der Waals surface area contributed by atoms with Crippen molar-refractivity contribution in [3.63, 3.8) is 0 Å². The topological polar surface area (TPSA) is 29.3 Å². The van der Waals surface area contributed by atoms with E-state index < -0.39 is 0 Å². The summed E-state index contributed by atoms with van der Waals surface area (Å²) >= 11 is 0. The second-order valence-electron chi connectivity index (χ2n) is 5.25. The first kappa shape index (κ1) is 12.6. The minimum Gasteiger partial charge on any atom is -0.330 e. The van der Waals surface area contributed by atoms with Crippen LogP contribution in [0.3, 0.4) is 0 Å². The van der Waals surface area contributed by atoms with Crippen molar-refractivity contribution in [1.82, 2.24) is 4.90 Å². The van der Waals surface area contributed by atoms with E-state index in [9.17, 15) is 0 Å². The summed E-state index contributed by atoms with van der Waals surface area (Å²) in [4.78, 5) is 2.51. The highest BCUT2D eigenvalue weighted by molar-refractivity contribution is 5.19. The number of hydrogen-bond acceptors (Lipinski definition) is 2. The van der Waals surface area contributed by atoms with Gasteiger partial charge in [0.2, 0.25) is 0 Å². The van der Waals surface area contributed by atoms with Crippen LogP contribution >= 0.6 is 0 Å². The molecule has 2 nitrogen and oxygen atoms in total. The van der Waals surface area contributed by atoms with Gasteiger partial charge in [-0.3, -0.25) is 4.90 Å². The molecule has 2 unspecified atom stereocenters. The normalized spacial score (nSPS) is 19.3. The van der Waals surface area contributed by atoms with E-state index in [-0.39, 0.29) is 0 Å². The zero-order valence-corrected chi connectivity index (χ0v) is 11.0. The van der Waals surface area contributed by atoms with E-state index in [1.165, 1.54) is 18.4 Å². The molecule has 1 aliphatic carbocycles. The number of nitrogens with zero attached hydrogens (tertiary/aromatic N) is 1. The van der Waals surface area contributed by atoms with Gasteiger partial charge in [-0.05, 0) is 51.3 Å². The minimum atomic E-state index is 0.469. The van der Waals surface area contributed by atoms with Crippen molar-refractivity contribution < 1.29 is 0 Å². The summed E-state index contributed by atoms with van der Waals surface area (Å²) in [6.45, 7) is 3.10. The van der Waals surface area contributed by atoms with E-state index in [1.54, 1.807) is 0 Å². The van der Waals surface area contributed by atoms with Crippen molar-refractivity contribution in [1.29, 1.82) is 0 Å². The Kier molecular flexibility index (Phi) is 4.19. The molecule has 0 aliphatic heterocycles. The average molecular weight is 232 g/mol. The van der Waals surface area contributed by atoms with Gasteiger partial charge in [0.25, 0.3) is 0 Å². The van der Waals surface area contributed by atoms with Gasteiger partial charge in [0.1, 0.15) is 0 Å². The Hall–Kier alpha value is -0.860. The first-order valence-electron chi connectivity index (χ1n) is 6.71. The molecule has 1 saturated carbocycles. The summed E-state index contributed by atoms with van der Waals surface area (Å²) in [5, 5.41) is 0. The van der Waals surface area contributed by atoms with Gasteiger partial charge in [0.05, 0.1) is 0 Å². The summed E-state index contributed by atoms with van der Waals surface area (Å²) in [6.07, 6.45) is 3.84. The molecular weight excluding hydrogens is 208 g/mol. The molecule has 2 atom stereocenters. The standard InChI is InChI=1S/C15H24N2/c1-12(13-8-9-13)17(2)15(10-11-16)14-6-4-3-5-7-14/h3-7,12-13,15H,8-11,16H2,1-2H3. The molecular formula is C15H24N2. The average Bonchev–Trinajstić information content (AvgIpc) is 3.19. The Bertz CT molecular complexity index is 332. The molecule has 1 aromatic rings. The first-order chi connectivity index (χ1) is 8.24. The van der Waals surface area contributed by atoms with Gasteiger partial charge in [-0.1, -0.05) is 30.3 Å². The molecule has 1 fully saturated rings. The first-order valence-corrected chi connectivity index (χ1v) is 6.71. The second-order valence-corrected chi connectivity index (χ2v) is 5.25. The third-order valence-electron chi connectivity index (χ3n) is 4.06. The van der Waals surface area contributed by atoms with Crippen LogP contribution in [-0.2, 0) is 0 Å². The zero-order valence-electron chi connectivity index (χ0n) is 11.0. The smallest absolute Gasteiger partial charge is 0.0360 e. The van der Waals surface area contributed by atoms with Gasteiger partial charge in [-0.15, -0.1) is 0 Å². The highest BCUT2D eigenvalue weighted by Gasteiger charge is 2.33. The van der Waals surface area contributed by atoms with Crippen LogP contribution in [0, 0.1) is 5.92 Å². The van der Waals surface area contributed by atoms with E-state index in [1.807, 2.05) is 0 Å². The lowest BCUT2D eigenvalue weighted by Gasteiger charge is -2.33. The SMILES string of the molecule is CC(C1CC1)N(C)C(CCN)c1ccccc1. The van der Waals surface area contributed by atoms with Crippen molar-refractivity contribution in [2.75, 3.05) is 13.6 Å². The maximum atomic E-state index is 5.77. The van der Waals surface area contributed by atoms with Crippen LogP contribution in [0.5, 0.6) is 0 Å². The highest BCUT2D eigenvalue weighted by Crippen LogP contribution is 2.38. The van der Waals surface area contributed by atoms with Gasteiger partial charge >= 0.3 is 0 Å². The number of hydrogen-bond donors (Lipinski definition) is 1. The fraction of sp³-hybridized carbons (Fsp3) is 0.600. The molecule has 1 aliphatic rings. The van der Waals surface area contributed by atoms with Crippen molar-refractivity contribution >= 4 is 0 Å². The zero-order chi connectivity index (χ0) is 12.3. The minimum absolute atomic E-state index is 0.469. The van der Waals surface area contributed by atoms with E-state index in [2.05, 4.69) is 49.2 Å². The summed E-state index contributed by atoms with van der Waals surface area (Å²) < 4.78 is 0. The van der Waals surface area contributed by atoms with Gasteiger partial charge < -0.3 is 5.73 Å². The maximum Gasteiger partial charge on any atom is 0.0360 e. The van der Waals surface area contributed by atoms with Crippen LogP contribution in [0.1, 0.15) is 37.8 Å². The van der Waals surface area contributed by atoms with Gasteiger partial charge in [0.15, 0.2) is 0 Å². The Morgan fingerprint density at radius 1 is 1.29 bits per heavy atom. The third-order valence-corrected chi connectivity index (χ3v) is 4.06. The van der Waals surface area contributed by atoms with Crippen LogP contribution in [0.2, 0.25) is 0 Å². The molecule has 1 aromatic carbocycles. The van der Waals surface area contributed by atoms with Crippen LogP contribution in [0.15, 0.2) is 30.3 Å². The lowest BCUT2D eigenvalue weighted by molar-refractivity contribution is 0.161. The molecule has 2 N–H and O–H groups in total. The fourth-order valence-electron chi connectivity index (χ4n) is 2.63. The molecule has 0 saturated heterocycles.